The third kappa shape index (κ3) is 3.12. The molecule has 0 bridgehead atoms. The van der Waals surface area contributed by atoms with E-state index in [-0.39, 0.29) is 6.04 Å². The molecule has 1 atom stereocenters. The minimum absolute atomic E-state index is 0.0235. The molecule has 0 aliphatic heterocycles. The molecule has 2 rings (SSSR count). The summed E-state index contributed by atoms with van der Waals surface area (Å²) >= 11 is 0. The Morgan fingerprint density at radius 2 is 2.11 bits per heavy atom. The first-order valence-corrected chi connectivity index (χ1v) is 6.40. The first kappa shape index (κ1) is 13.5. The molecule has 0 saturated carbocycles. The maximum Gasteiger partial charge on any atom is 0.213 e. The van der Waals surface area contributed by atoms with Crippen molar-refractivity contribution in [2.24, 2.45) is 11.7 Å². The standard InChI is InChI=1S/C14H20N4O/c1-10(2)6-12(15)13-8-16-9-18(13)11-4-5-14(19-3)17-7-11/h4-5,7-10,12H,6,15H2,1-3H3. The zero-order valence-corrected chi connectivity index (χ0v) is 11.6. The lowest BCUT2D eigenvalue weighted by atomic mass is 10.0. The lowest BCUT2D eigenvalue weighted by Gasteiger charge is -2.16. The monoisotopic (exact) mass is 260 g/mol. The number of hydrogen-bond donors (Lipinski definition) is 1. The number of imidazole rings is 1. The molecular formula is C14H20N4O. The topological polar surface area (TPSA) is 66.0 Å². The van der Waals surface area contributed by atoms with Crippen LogP contribution >= 0.6 is 0 Å². The lowest BCUT2D eigenvalue weighted by molar-refractivity contribution is 0.397. The highest BCUT2D eigenvalue weighted by Crippen LogP contribution is 2.21. The highest BCUT2D eigenvalue weighted by molar-refractivity contribution is 5.34. The summed E-state index contributed by atoms with van der Waals surface area (Å²) in [5.41, 5.74) is 8.17. The van der Waals surface area contributed by atoms with Crippen LogP contribution in [0.25, 0.3) is 5.69 Å². The van der Waals surface area contributed by atoms with Crippen LogP contribution in [0.4, 0.5) is 0 Å². The maximum atomic E-state index is 6.23. The minimum atomic E-state index is -0.0235. The Labute approximate surface area is 113 Å². The van der Waals surface area contributed by atoms with Gasteiger partial charge in [0.05, 0.1) is 37.2 Å². The number of hydrogen-bond acceptors (Lipinski definition) is 4. The van der Waals surface area contributed by atoms with Gasteiger partial charge in [0.1, 0.15) is 0 Å². The van der Waals surface area contributed by atoms with Crippen LogP contribution in [0.15, 0.2) is 30.9 Å². The van der Waals surface area contributed by atoms with Crippen molar-refractivity contribution in [1.29, 1.82) is 0 Å². The molecule has 0 radical (unpaired) electrons. The predicted molar refractivity (Wildman–Crippen MR) is 74.3 cm³/mol. The van der Waals surface area contributed by atoms with Crippen LogP contribution in [0.3, 0.4) is 0 Å². The Morgan fingerprint density at radius 1 is 1.32 bits per heavy atom. The summed E-state index contributed by atoms with van der Waals surface area (Å²) in [4.78, 5) is 8.40. The number of nitrogens with two attached hydrogens (primary N) is 1. The van der Waals surface area contributed by atoms with E-state index in [1.54, 1.807) is 19.6 Å². The van der Waals surface area contributed by atoms with Gasteiger partial charge in [-0.15, -0.1) is 0 Å². The van der Waals surface area contributed by atoms with Gasteiger partial charge < -0.3 is 15.0 Å². The Hall–Kier alpha value is -1.88. The molecule has 0 amide bonds. The average Bonchev–Trinajstić information content (AvgIpc) is 2.87. The number of aromatic nitrogens is 3. The zero-order chi connectivity index (χ0) is 13.8. The largest absolute Gasteiger partial charge is 0.481 e. The van der Waals surface area contributed by atoms with Crippen molar-refractivity contribution in [3.63, 3.8) is 0 Å². The van der Waals surface area contributed by atoms with E-state index in [0.29, 0.717) is 11.8 Å². The summed E-state index contributed by atoms with van der Waals surface area (Å²) in [6.07, 6.45) is 6.26. The SMILES string of the molecule is COc1ccc(-n2cncc2C(N)CC(C)C)cn1. The third-order valence-corrected chi connectivity index (χ3v) is 2.98. The second kappa shape index (κ2) is 5.84. The van der Waals surface area contributed by atoms with E-state index in [9.17, 15) is 0 Å². The van der Waals surface area contributed by atoms with Crippen LogP contribution in [0, 0.1) is 5.92 Å². The Balaban J connectivity index is 2.27. The fourth-order valence-corrected chi connectivity index (χ4v) is 2.06. The van der Waals surface area contributed by atoms with Gasteiger partial charge >= 0.3 is 0 Å². The van der Waals surface area contributed by atoms with Gasteiger partial charge in [0, 0.05) is 12.1 Å². The maximum absolute atomic E-state index is 6.23. The van der Waals surface area contributed by atoms with Crippen molar-refractivity contribution in [2.75, 3.05) is 7.11 Å². The van der Waals surface area contributed by atoms with E-state index in [2.05, 4.69) is 23.8 Å². The molecule has 102 valence electrons. The normalized spacial score (nSPS) is 12.7. The van der Waals surface area contributed by atoms with E-state index >= 15 is 0 Å². The molecule has 2 aromatic rings. The van der Waals surface area contributed by atoms with Gasteiger partial charge in [-0.1, -0.05) is 13.8 Å². The zero-order valence-electron chi connectivity index (χ0n) is 11.6. The Bertz CT molecular complexity index is 518. The molecule has 0 spiro atoms. The first-order valence-electron chi connectivity index (χ1n) is 6.40. The molecule has 2 N–H and O–H groups in total. The third-order valence-electron chi connectivity index (χ3n) is 2.98. The number of rotatable bonds is 5. The minimum Gasteiger partial charge on any atom is -0.481 e. The summed E-state index contributed by atoms with van der Waals surface area (Å²) in [5, 5.41) is 0. The highest BCUT2D eigenvalue weighted by atomic mass is 16.5. The molecule has 0 aromatic carbocycles. The van der Waals surface area contributed by atoms with Crippen LogP contribution < -0.4 is 10.5 Å². The predicted octanol–water partition coefficient (Wildman–Crippen LogP) is 2.32. The molecule has 5 nitrogen and oxygen atoms in total. The number of methoxy groups -OCH3 is 1. The van der Waals surface area contributed by atoms with Crippen LogP contribution in [0.1, 0.15) is 32.0 Å². The fourth-order valence-electron chi connectivity index (χ4n) is 2.06. The highest BCUT2D eigenvalue weighted by Gasteiger charge is 2.14. The van der Waals surface area contributed by atoms with Crippen molar-refractivity contribution in [3.8, 4) is 11.6 Å². The van der Waals surface area contributed by atoms with Crippen molar-refractivity contribution in [2.45, 2.75) is 26.3 Å². The van der Waals surface area contributed by atoms with E-state index < -0.39 is 0 Å². The van der Waals surface area contributed by atoms with E-state index in [0.717, 1.165) is 17.8 Å². The molecule has 0 fully saturated rings. The first-order chi connectivity index (χ1) is 9.11. The van der Waals surface area contributed by atoms with Crippen molar-refractivity contribution in [1.82, 2.24) is 14.5 Å². The molecule has 0 aliphatic rings. The van der Waals surface area contributed by atoms with Gasteiger partial charge in [0.15, 0.2) is 0 Å². The van der Waals surface area contributed by atoms with Crippen molar-refractivity contribution >= 4 is 0 Å². The van der Waals surface area contributed by atoms with Gasteiger partial charge in [-0.05, 0) is 18.4 Å². The molecule has 0 aliphatic carbocycles. The summed E-state index contributed by atoms with van der Waals surface area (Å²) in [7, 11) is 1.60. The summed E-state index contributed by atoms with van der Waals surface area (Å²) in [6, 6.07) is 3.75. The van der Waals surface area contributed by atoms with E-state index in [4.69, 9.17) is 10.5 Å². The molecule has 0 saturated heterocycles. The number of pyridine rings is 1. The molecule has 2 heterocycles. The average molecular weight is 260 g/mol. The molecule has 2 aromatic heterocycles. The van der Waals surface area contributed by atoms with Crippen molar-refractivity contribution in [3.05, 3.63) is 36.5 Å². The second-order valence-corrected chi connectivity index (χ2v) is 4.98. The Morgan fingerprint density at radius 3 is 2.68 bits per heavy atom. The van der Waals surface area contributed by atoms with E-state index in [1.807, 2.05) is 22.9 Å². The molecule has 1 unspecified atom stereocenters. The smallest absolute Gasteiger partial charge is 0.213 e. The van der Waals surface area contributed by atoms with Crippen LogP contribution in [-0.4, -0.2) is 21.6 Å². The van der Waals surface area contributed by atoms with Crippen LogP contribution in [0.5, 0.6) is 5.88 Å². The van der Waals surface area contributed by atoms with Crippen LogP contribution in [-0.2, 0) is 0 Å². The van der Waals surface area contributed by atoms with Gasteiger partial charge in [-0.3, -0.25) is 0 Å². The van der Waals surface area contributed by atoms with Gasteiger partial charge in [0.2, 0.25) is 5.88 Å². The number of nitrogens with zero attached hydrogens (tertiary/aromatic N) is 3. The molecule has 19 heavy (non-hydrogen) atoms. The van der Waals surface area contributed by atoms with Crippen molar-refractivity contribution < 1.29 is 4.74 Å². The molecular weight excluding hydrogens is 240 g/mol. The lowest BCUT2D eigenvalue weighted by Crippen LogP contribution is -2.16. The van der Waals surface area contributed by atoms with Gasteiger partial charge in [-0.2, -0.15) is 0 Å². The fraction of sp³-hybridized carbons (Fsp3) is 0.429. The quantitative estimate of drug-likeness (QED) is 0.896. The second-order valence-electron chi connectivity index (χ2n) is 4.98. The summed E-state index contributed by atoms with van der Waals surface area (Å²) < 4.78 is 7.03. The number of ether oxygens (including phenoxy) is 1. The summed E-state index contributed by atoms with van der Waals surface area (Å²) in [5.74, 6) is 1.14. The van der Waals surface area contributed by atoms with Gasteiger partial charge in [-0.25, -0.2) is 9.97 Å². The van der Waals surface area contributed by atoms with Crippen LogP contribution in [0.2, 0.25) is 0 Å². The Kier molecular flexibility index (Phi) is 4.16. The summed E-state index contributed by atoms with van der Waals surface area (Å²) in [6.45, 7) is 4.32. The molecule has 5 heteroatoms. The van der Waals surface area contributed by atoms with E-state index in [1.165, 1.54) is 0 Å². The van der Waals surface area contributed by atoms with Gasteiger partial charge in [0.25, 0.3) is 0 Å².